The van der Waals surface area contributed by atoms with Crippen molar-refractivity contribution in [3.63, 3.8) is 0 Å². The Bertz CT molecular complexity index is 363. The van der Waals surface area contributed by atoms with Gasteiger partial charge in [-0.25, -0.2) is 9.97 Å². The van der Waals surface area contributed by atoms with Gasteiger partial charge in [-0.1, -0.05) is 13.3 Å². The van der Waals surface area contributed by atoms with E-state index in [1.165, 1.54) is 19.3 Å². The summed E-state index contributed by atoms with van der Waals surface area (Å²) in [6, 6.07) is 2.07. The molecule has 1 aromatic heterocycles. The number of hydrogen-bond acceptors (Lipinski definition) is 4. The van der Waals surface area contributed by atoms with Crippen LogP contribution < -0.4 is 10.2 Å². The van der Waals surface area contributed by atoms with E-state index in [-0.39, 0.29) is 0 Å². The molecule has 1 N–H and O–H groups in total. The molecule has 0 saturated heterocycles. The lowest BCUT2D eigenvalue weighted by molar-refractivity contribution is 0.318. The zero-order valence-electron chi connectivity index (χ0n) is 11.5. The Labute approximate surface area is 110 Å². The fourth-order valence-electron chi connectivity index (χ4n) is 2.24. The molecule has 1 aliphatic rings. The van der Waals surface area contributed by atoms with E-state index in [0.717, 1.165) is 43.6 Å². The minimum atomic E-state index is 0.868. The van der Waals surface area contributed by atoms with Gasteiger partial charge in [-0.3, -0.25) is 0 Å². The van der Waals surface area contributed by atoms with Gasteiger partial charge in [0.05, 0.1) is 0 Å². The van der Waals surface area contributed by atoms with E-state index in [9.17, 15) is 0 Å². The van der Waals surface area contributed by atoms with E-state index in [0.29, 0.717) is 0 Å². The first kappa shape index (κ1) is 13.1. The third-order valence-electron chi connectivity index (χ3n) is 3.62. The van der Waals surface area contributed by atoms with Crippen molar-refractivity contribution in [2.24, 2.45) is 5.92 Å². The van der Waals surface area contributed by atoms with Crippen molar-refractivity contribution in [2.75, 3.05) is 29.9 Å². The van der Waals surface area contributed by atoms with Crippen LogP contribution >= 0.6 is 0 Å². The van der Waals surface area contributed by atoms with Crippen molar-refractivity contribution in [1.29, 1.82) is 0 Å². The first-order valence-electron chi connectivity index (χ1n) is 7.14. The molecule has 4 nitrogen and oxygen atoms in total. The molecule has 1 heterocycles. The fourth-order valence-corrected chi connectivity index (χ4v) is 2.24. The Morgan fingerprint density at radius 1 is 1.33 bits per heavy atom. The normalized spacial score (nSPS) is 15.2. The SMILES string of the molecule is CCCNc1cc(N(CC)CC2CCC2)ncn1. The number of rotatable bonds is 7. The Morgan fingerprint density at radius 3 is 2.78 bits per heavy atom. The lowest BCUT2D eigenvalue weighted by Crippen LogP contribution is -2.33. The number of nitrogens with zero attached hydrogens (tertiary/aromatic N) is 3. The maximum Gasteiger partial charge on any atom is 0.134 e. The van der Waals surface area contributed by atoms with E-state index in [2.05, 4.69) is 40.1 Å². The summed E-state index contributed by atoms with van der Waals surface area (Å²) in [5.74, 6) is 2.86. The molecule has 0 bridgehead atoms. The molecular weight excluding hydrogens is 224 g/mol. The second-order valence-corrected chi connectivity index (χ2v) is 5.02. The highest BCUT2D eigenvalue weighted by molar-refractivity contribution is 5.48. The maximum atomic E-state index is 4.40. The van der Waals surface area contributed by atoms with E-state index < -0.39 is 0 Å². The molecule has 0 unspecified atom stereocenters. The molecule has 18 heavy (non-hydrogen) atoms. The topological polar surface area (TPSA) is 41.0 Å². The second-order valence-electron chi connectivity index (χ2n) is 5.02. The van der Waals surface area contributed by atoms with Gasteiger partial charge in [0.1, 0.15) is 18.0 Å². The molecular formula is C14H24N4. The van der Waals surface area contributed by atoms with Gasteiger partial charge in [-0.2, -0.15) is 0 Å². The van der Waals surface area contributed by atoms with E-state index in [1.54, 1.807) is 6.33 Å². The van der Waals surface area contributed by atoms with Crippen molar-refractivity contribution in [1.82, 2.24) is 9.97 Å². The van der Waals surface area contributed by atoms with Crippen LogP contribution in [0.25, 0.3) is 0 Å². The summed E-state index contributed by atoms with van der Waals surface area (Å²) in [6.45, 7) is 7.47. The van der Waals surface area contributed by atoms with Crippen molar-refractivity contribution >= 4 is 11.6 Å². The van der Waals surface area contributed by atoms with E-state index in [4.69, 9.17) is 0 Å². The lowest BCUT2D eigenvalue weighted by atomic mass is 9.85. The average Bonchev–Trinajstić information content (AvgIpc) is 2.36. The number of aromatic nitrogens is 2. The second kappa shape index (κ2) is 6.57. The van der Waals surface area contributed by atoms with Crippen LogP contribution in [0.3, 0.4) is 0 Å². The highest BCUT2D eigenvalue weighted by Crippen LogP contribution is 2.28. The van der Waals surface area contributed by atoms with Crippen LogP contribution in [0.5, 0.6) is 0 Å². The van der Waals surface area contributed by atoms with Crippen LogP contribution in [-0.4, -0.2) is 29.6 Å². The van der Waals surface area contributed by atoms with Gasteiger partial charge < -0.3 is 10.2 Å². The molecule has 0 amide bonds. The van der Waals surface area contributed by atoms with Crippen LogP contribution in [0.2, 0.25) is 0 Å². The fraction of sp³-hybridized carbons (Fsp3) is 0.714. The molecule has 1 fully saturated rings. The van der Waals surface area contributed by atoms with E-state index >= 15 is 0 Å². The predicted molar refractivity (Wildman–Crippen MR) is 76.0 cm³/mol. The van der Waals surface area contributed by atoms with Crippen LogP contribution in [-0.2, 0) is 0 Å². The summed E-state index contributed by atoms with van der Waals surface area (Å²) in [5.41, 5.74) is 0. The Morgan fingerprint density at radius 2 is 2.17 bits per heavy atom. The maximum absolute atomic E-state index is 4.40. The molecule has 0 spiro atoms. The predicted octanol–water partition coefficient (Wildman–Crippen LogP) is 2.92. The van der Waals surface area contributed by atoms with E-state index in [1.807, 2.05) is 0 Å². The Hall–Kier alpha value is -1.32. The highest BCUT2D eigenvalue weighted by atomic mass is 15.2. The number of anilines is 2. The third kappa shape index (κ3) is 3.34. The van der Waals surface area contributed by atoms with Crippen molar-refractivity contribution in [3.8, 4) is 0 Å². The van der Waals surface area contributed by atoms with Crippen LogP contribution in [0.1, 0.15) is 39.5 Å². The van der Waals surface area contributed by atoms with Gasteiger partial charge in [0.25, 0.3) is 0 Å². The number of hydrogen-bond donors (Lipinski definition) is 1. The van der Waals surface area contributed by atoms with Gasteiger partial charge >= 0.3 is 0 Å². The molecule has 4 heteroatoms. The summed E-state index contributed by atoms with van der Waals surface area (Å²) < 4.78 is 0. The molecule has 1 saturated carbocycles. The first-order valence-corrected chi connectivity index (χ1v) is 7.14. The minimum absolute atomic E-state index is 0.868. The zero-order chi connectivity index (χ0) is 12.8. The smallest absolute Gasteiger partial charge is 0.134 e. The van der Waals surface area contributed by atoms with Gasteiger partial charge in [-0.05, 0) is 32.1 Å². The van der Waals surface area contributed by atoms with Crippen molar-refractivity contribution < 1.29 is 0 Å². The lowest BCUT2D eigenvalue weighted by Gasteiger charge is -2.32. The first-order chi connectivity index (χ1) is 8.83. The Kier molecular flexibility index (Phi) is 4.79. The molecule has 100 valence electrons. The van der Waals surface area contributed by atoms with Gasteiger partial charge in [-0.15, -0.1) is 0 Å². The summed E-state index contributed by atoms with van der Waals surface area (Å²) in [6.07, 6.45) is 6.93. The number of nitrogens with one attached hydrogen (secondary N) is 1. The van der Waals surface area contributed by atoms with Crippen LogP contribution in [0, 0.1) is 5.92 Å². The summed E-state index contributed by atoms with van der Waals surface area (Å²) >= 11 is 0. The monoisotopic (exact) mass is 248 g/mol. The summed E-state index contributed by atoms with van der Waals surface area (Å²) in [7, 11) is 0. The van der Waals surface area contributed by atoms with Crippen molar-refractivity contribution in [3.05, 3.63) is 12.4 Å². The molecule has 0 aliphatic heterocycles. The van der Waals surface area contributed by atoms with Gasteiger partial charge in [0.15, 0.2) is 0 Å². The highest BCUT2D eigenvalue weighted by Gasteiger charge is 2.20. The quantitative estimate of drug-likeness (QED) is 0.805. The van der Waals surface area contributed by atoms with Crippen molar-refractivity contribution in [2.45, 2.75) is 39.5 Å². The molecule has 0 atom stereocenters. The molecule has 1 aromatic rings. The zero-order valence-corrected chi connectivity index (χ0v) is 11.5. The molecule has 0 radical (unpaired) electrons. The standard InChI is InChI=1S/C14H24N4/c1-3-8-15-13-9-14(17-11-16-13)18(4-2)10-12-6-5-7-12/h9,11-12H,3-8,10H2,1-2H3,(H,15,16,17). The minimum Gasteiger partial charge on any atom is -0.370 e. The summed E-state index contributed by atoms with van der Waals surface area (Å²) in [4.78, 5) is 11.0. The largest absolute Gasteiger partial charge is 0.370 e. The van der Waals surface area contributed by atoms with Gasteiger partial charge in [0.2, 0.25) is 0 Å². The average molecular weight is 248 g/mol. The van der Waals surface area contributed by atoms with Crippen LogP contribution in [0.4, 0.5) is 11.6 Å². The Balaban J connectivity index is 1.99. The molecule has 0 aromatic carbocycles. The third-order valence-corrected chi connectivity index (χ3v) is 3.62. The van der Waals surface area contributed by atoms with Gasteiger partial charge in [0, 0.05) is 25.7 Å². The summed E-state index contributed by atoms with van der Waals surface area (Å²) in [5, 5.41) is 3.32. The molecule has 1 aliphatic carbocycles. The molecule has 2 rings (SSSR count). The van der Waals surface area contributed by atoms with Crippen LogP contribution in [0.15, 0.2) is 12.4 Å².